The predicted molar refractivity (Wildman–Crippen MR) is 120 cm³/mol. The van der Waals surface area contributed by atoms with Gasteiger partial charge in [-0.05, 0) is 42.0 Å². The molecule has 4 aromatic rings. The van der Waals surface area contributed by atoms with Crippen molar-refractivity contribution in [1.82, 2.24) is 15.0 Å². The fourth-order valence-corrected chi connectivity index (χ4v) is 3.18. The lowest BCUT2D eigenvalue weighted by Crippen LogP contribution is -2.21. The van der Waals surface area contributed by atoms with Crippen molar-refractivity contribution in [1.29, 1.82) is 0 Å². The van der Waals surface area contributed by atoms with Gasteiger partial charge in [0.05, 0.1) is 6.54 Å². The van der Waals surface area contributed by atoms with Crippen molar-refractivity contribution in [2.45, 2.75) is 6.54 Å². The van der Waals surface area contributed by atoms with Gasteiger partial charge in [0.15, 0.2) is 11.6 Å². The van der Waals surface area contributed by atoms with E-state index in [1.165, 1.54) is 6.33 Å². The van der Waals surface area contributed by atoms with Crippen LogP contribution in [0.15, 0.2) is 89.8 Å². The molecule has 0 fully saturated rings. The number of rotatable bonds is 6. The number of hydrogen-bond donors (Lipinski definition) is 2. The standard InChI is InChI=1S/C22H19BrN6/c23-17-9-11-18(12-10-17)28-21-20(24)22(27-15-26-21)29(19-8-4-5-13-25-19)14-16-6-2-1-3-7-16/h1-13,15H,14,24H2,(H,26,27,28). The molecule has 0 saturated carbocycles. The molecule has 0 aliphatic rings. The van der Waals surface area contributed by atoms with E-state index in [9.17, 15) is 0 Å². The van der Waals surface area contributed by atoms with Gasteiger partial charge in [0.1, 0.15) is 17.8 Å². The number of nitrogens with zero attached hydrogens (tertiary/aromatic N) is 4. The number of nitrogens with two attached hydrogens (primary N) is 1. The number of hydrogen-bond acceptors (Lipinski definition) is 6. The van der Waals surface area contributed by atoms with Crippen LogP contribution in [0.1, 0.15) is 5.56 Å². The van der Waals surface area contributed by atoms with Crippen molar-refractivity contribution < 1.29 is 0 Å². The van der Waals surface area contributed by atoms with Gasteiger partial charge < -0.3 is 16.0 Å². The molecule has 3 N–H and O–H groups in total. The van der Waals surface area contributed by atoms with Gasteiger partial charge in [-0.3, -0.25) is 0 Å². The fraction of sp³-hybridized carbons (Fsp3) is 0.0455. The van der Waals surface area contributed by atoms with Crippen molar-refractivity contribution >= 4 is 44.8 Å². The quantitative estimate of drug-likeness (QED) is 0.418. The molecule has 0 aliphatic carbocycles. The van der Waals surface area contributed by atoms with Gasteiger partial charge in [0.25, 0.3) is 0 Å². The number of halogens is 1. The van der Waals surface area contributed by atoms with Crippen molar-refractivity contribution in [3.63, 3.8) is 0 Å². The molecular formula is C22H19BrN6. The first kappa shape index (κ1) is 18.9. The lowest BCUT2D eigenvalue weighted by atomic mass is 10.2. The molecule has 0 amide bonds. The molecule has 29 heavy (non-hydrogen) atoms. The van der Waals surface area contributed by atoms with E-state index < -0.39 is 0 Å². The Hall–Kier alpha value is -3.45. The first-order chi connectivity index (χ1) is 14.2. The van der Waals surface area contributed by atoms with Crippen LogP contribution in [-0.2, 0) is 6.54 Å². The highest BCUT2D eigenvalue weighted by atomic mass is 79.9. The highest BCUT2D eigenvalue weighted by Gasteiger charge is 2.18. The summed E-state index contributed by atoms with van der Waals surface area (Å²) in [5, 5.41) is 3.27. The number of benzene rings is 2. The summed E-state index contributed by atoms with van der Waals surface area (Å²) in [4.78, 5) is 15.3. The normalized spacial score (nSPS) is 10.5. The van der Waals surface area contributed by atoms with E-state index in [0.29, 0.717) is 23.9 Å². The Bertz CT molecular complexity index is 1070. The fourth-order valence-electron chi connectivity index (χ4n) is 2.91. The van der Waals surface area contributed by atoms with Gasteiger partial charge in [-0.25, -0.2) is 15.0 Å². The Morgan fingerprint density at radius 1 is 0.862 bits per heavy atom. The summed E-state index contributed by atoms with van der Waals surface area (Å²) in [5.74, 6) is 1.91. The van der Waals surface area contributed by atoms with Crippen LogP contribution in [0.5, 0.6) is 0 Å². The minimum Gasteiger partial charge on any atom is -0.393 e. The average molecular weight is 447 g/mol. The van der Waals surface area contributed by atoms with Crippen LogP contribution in [0.3, 0.4) is 0 Å². The number of nitrogen functional groups attached to an aromatic ring is 1. The molecule has 2 heterocycles. The number of aromatic nitrogens is 3. The number of anilines is 5. The summed E-state index contributed by atoms with van der Waals surface area (Å²) in [7, 11) is 0. The highest BCUT2D eigenvalue weighted by molar-refractivity contribution is 9.10. The van der Waals surface area contributed by atoms with E-state index in [2.05, 4.69) is 48.3 Å². The monoisotopic (exact) mass is 446 g/mol. The molecule has 0 spiro atoms. The smallest absolute Gasteiger partial charge is 0.163 e. The first-order valence-corrected chi connectivity index (χ1v) is 9.85. The molecule has 0 aliphatic heterocycles. The first-order valence-electron chi connectivity index (χ1n) is 9.06. The second-order valence-electron chi connectivity index (χ2n) is 6.35. The Kier molecular flexibility index (Phi) is 5.67. The van der Waals surface area contributed by atoms with Crippen LogP contribution in [0, 0.1) is 0 Å². The van der Waals surface area contributed by atoms with Crippen LogP contribution in [0.2, 0.25) is 0 Å². The van der Waals surface area contributed by atoms with Gasteiger partial charge in [0, 0.05) is 16.4 Å². The van der Waals surface area contributed by atoms with Crippen LogP contribution >= 0.6 is 15.9 Å². The second kappa shape index (κ2) is 8.70. The molecule has 2 aromatic carbocycles. The van der Waals surface area contributed by atoms with Crippen LogP contribution in [0.4, 0.5) is 28.8 Å². The maximum absolute atomic E-state index is 6.49. The molecule has 2 aromatic heterocycles. The topological polar surface area (TPSA) is 80.0 Å². The largest absolute Gasteiger partial charge is 0.393 e. The van der Waals surface area contributed by atoms with Gasteiger partial charge in [-0.1, -0.05) is 52.3 Å². The Balaban J connectivity index is 1.71. The molecule has 0 bridgehead atoms. The lowest BCUT2D eigenvalue weighted by Gasteiger charge is -2.25. The van der Waals surface area contributed by atoms with Crippen molar-refractivity contribution in [3.05, 3.63) is 95.4 Å². The van der Waals surface area contributed by atoms with Crippen LogP contribution < -0.4 is 16.0 Å². The molecule has 0 atom stereocenters. The van der Waals surface area contributed by atoms with Gasteiger partial charge in [0.2, 0.25) is 0 Å². The summed E-state index contributed by atoms with van der Waals surface area (Å²) >= 11 is 3.44. The molecule has 0 unspecified atom stereocenters. The van der Waals surface area contributed by atoms with Crippen molar-refractivity contribution in [2.75, 3.05) is 16.0 Å². The molecule has 0 saturated heterocycles. The molecule has 7 heteroatoms. The van der Waals surface area contributed by atoms with Crippen LogP contribution in [0.25, 0.3) is 0 Å². The predicted octanol–water partition coefficient (Wildman–Crippen LogP) is 5.30. The van der Waals surface area contributed by atoms with Gasteiger partial charge in [-0.15, -0.1) is 0 Å². The Morgan fingerprint density at radius 2 is 1.62 bits per heavy atom. The van der Waals surface area contributed by atoms with E-state index in [0.717, 1.165) is 21.5 Å². The highest BCUT2D eigenvalue weighted by Crippen LogP contribution is 2.33. The SMILES string of the molecule is Nc1c(Nc2ccc(Br)cc2)ncnc1N(Cc1ccccc1)c1ccccn1. The van der Waals surface area contributed by atoms with E-state index in [1.807, 2.05) is 65.6 Å². The van der Waals surface area contributed by atoms with Gasteiger partial charge in [-0.2, -0.15) is 0 Å². The molecule has 6 nitrogen and oxygen atoms in total. The minimum atomic E-state index is 0.456. The van der Waals surface area contributed by atoms with Gasteiger partial charge >= 0.3 is 0 Å². The van der Waals surface area contributed by atoms with Crippen molar-refractivity contribution in [2.24, 2.45) is 0 Å². The minimum absolute atomic E-state index is 0.456. The molecule has 0 radical (unpaired) electrons. The third-order valence-corrected chi connectivity index (χ3v) is 4.86. The number of nitrogens with one attached hydrogen (secondary N) is 1. The lowest BCUT2D eigenvalue weighted by molar-refractivity contribution is 0.918. The molecule has 144 valence electrons. The number of pyridine rings is 1. The summed E-state index contributed by atoms with van der Waals surface area (Å²) < 4.78 is 1.00. The maximum Gasteiger partial charge on any atom is 0.163 e. The van der Waals surface area contributed by atoms with Crippen LogP contribution in [-0.4, -0.2) is 15.0 Å². The van der Waals surface area contributed by atoms with E-state index in [1.54, 1.807) is 6.20 Å². The van der Waals surface area contributed by atoms with E-state index in [-0.39, 0.29) is 0 Å². The van der Waals surface area contributed by atoms with Crippen molar-refractivity contribution in [3.8, 4) is 0 Å². The Labute approximate surface area is 177 Å². The summed E-state index contributed by atoms with van der Waals surface area (Å²) in [6.45, 7) is 0.580. The third-order valence-electron chi connectivity index (χ3n) is 4.33. The zero-order valence-electron chi connectivity index (χ0n) is 15.5. The second-order valence-corrected chi connectivity index (χ2v) is 7.27. The van der Waals surface area contributed by atoms with E-state index in [4.69, 9.17) is 5.73 Å². The molecular weight excluding hydrogens is 428 g/mol. The summed E-state index contributed by atoms with van der Waals surface area (Å²) in [6.07, 6.45) is 3.26. The zero-order chi connectivity index (χ0) is 20.1. The molecule has 4 rings (SSSR count). The third kappa shape index (κ3) is 4.52. The average Bonchev–Trinajstić information content (AvgIpc) is 2.77. The maximum atomic E-state index is 6.49. The summed E-state index contributed by atoms with van der Waals surface area (Å²) in [6, 6.07) is 23.7. The zero-order valence-corrected chi connectivity index (χ0v) is 17.1. The summed E-state index contributed by atoms with van der Waals surface area (Å²) in [5.41, 5.74) is 8.95. The van der Waals surface area contributed by atoms with E-state index >= 15 is 0 Å². The Morgan fingerprint density at radius 3 is 2.34 bits per heavy atom.